The first-order valence-electron chi connectivity index (χ1n) is 11.5. The van der Waals surface area contributed by atoms with Gasteiger partial charge in [0.15, 0.2) is 0 Å². The molecule has 5 aromatic rings. The SMILES string of the molecule is CCOc1ccccc1-c1noc(Cn2c(=O)n(-c3ccc(CC)cc3)c(=O)c3ccccc32)n1. The summed E-state index contributed by atoms with van der Waals surface area (Å²) in [6.45, 7) is 4.47. The molecule has 0 fully saturated rings. The van der Waals surface area contributed by atoms with Gasteiger partial charge in [0.25, 0.3) is 5.56 Å². The van der Waals surface area contributed by atoms with Crippen molar-refractivity contribution in [2.45, 2.75) is 26.8 Å². The van der Waals surface area contributed by atoms with Crippen molar-refractivity contribution in [3.63, 3.8) is 0 Å². The van der Waals surface area contributed by atoms with Crippen LogP contribution in [-0.2, 0) is 13.0 Å². The van der Waals surface area contributed by atoms with E-state index < -0.39 is 5.69 Å². The second-order valence-corrected chi connectivity index (χ2v) is 7.99. The third-order valence-corrected chi connectivity index (χ3v) is 5.84. The molecule has 8 nitrogen and oxygen atoms in total. The van der Waals surface area contributed by atoms with Crippen LogP contribution < -0.4 is 16.0 Å². The van der Waals surface area contributed by atoms with Crippen molar-refractivity contribution in [3.05, 3.63) is 105 Å². The first-order chi connectivity index (χ1) is 17.1. The van der Waals surface area contributed by atoms with Gasteiger partial charge in [0, 0.05) is 0 Å². The van der Waals surface area contributed by atoms with E-state index in [0.29, 0.717) is 40.3 Å². The van der Waals surface area contributed by atoms with Crippen molar-refractivity contribution in [3.8, 4) is 22.8 Å². The molecule has 0 aliphatic carbocycles. The number of hydrogen-bond donors (Lipinski definition) is 0. The van der Waals surface area contributed by atoms with Gasteiger partial charge in [0.1, 0.15) is 12.3 Å². The van der Waals surface area contributed by atoms with E-state index in [1.807, 2.05) is 43.3 Å². The van der Waals surface area contributed by atoms with Gasteiger partial charge in [-0.3, -0.25) is 9.36 Å². The topological polar surface area (TPSA) is 92.2 Å². The molecule has 5 rings (SSSR count). The van der Waals surface area contributed by atoms with E-state index in [9.17, 15) is 9.59 Å². The van der Waals surface area contributed by atoms with Gasteiger partial charge in [-0.15, -0.1) is 0 Å². The van der Waals surface area contributed by atoms with Gasteiger partial charge in [-0.1, -0.05) is 48.5 Å². The van der Waals surface area contributed by atoms with E-state index in [4.69, 9.17) is 9.26 Å². The highest BCUT2D eigenvalue weighted by Crippen LogP contribution is 2.27. The van der Waals surface area contributed by atoms with E-state index in [1.165, 1.54) is 9.13 Å². The van der Waals surface area contributed by atoms with Gasteiger partial charge >= 0.3 is 5.69 Å². The van der Waals surface area contributed by atoms with Crippen molar-refractivity contribution in [1.82, 2.24) is 19.3 Å². The van der Waals surface area contributed by atoms with Crippen LogP contribution in [-0.4, -0.2) is 25.9 Å². The van der Waals surface area contributed by atoms with Crippen LogP contribution in [0, 0.1) is 0 Å². The lowest BCUT2D eigenvalue weighted by Gasteiger charge is -2.13. The average molecular weight is 469 g/mol. The van der Waals surface area contributed by atoms with E-state index in [1.54, 1.807) is 36.4 Å². The largest absolute Gasteiger partial charge is 0.493 e. The minimum atomic E-state index is -0.479. The summed E-state index contributed by atoms with van der Waals surface area (Å²) in [5.41, 5.74) is 1.97. The van der Waals surface area contributed by atoms with Crippen LogP contribution in [0.1, 0.15) is 25.3 Å². The lowest BCUT2D eigenvalue weighted by atomic mass is 10.1. The first-order valence-corrected chi connectivity index (χ1v) is 11.5. The monoisotopic (exact) mass is 468 g/mol. The van der Waals surface area contributed by atoms with E-state index in [0.717, 1.165) is 12.0 Å². The third kappa shape index (κ3) is 4.14. The third-order valence-electron chi connectivity index (χ3n) is 5.84. The molecule has 0 bridgehead atoms. The number of aromatic nitrogens is 4. The Labute approximate surface area is 201 Å². The lowest BCUT2D eigenvalue weighted by molar-refractivity contribution is 0.340. The molecule has 0 amide bonds. The highest BCUT2D eigenvalue weighted by molar-refractivity contribution is 5.78. The highest BCUT2D eigenvalue weighted by Gasteiger charge is 2.18. The standard InChI is InChI=1S/C27H24N4O4/c1-3-18-13-15-19(16-14-18)31-26(32)20-9-5-7-11-22(20)30(27(31)33)17-24-28-25(29-35-24)21-10-6-8-12-23(21)34-4-2/h5-16H,3-4,17H2,1-2H3. The number of fused-ring (bicyclic) bond motifs is 1. The fraction of sp³-hybridized carbons (Fsp3) is 0.185. The Morgan fingerprint density at radius 1 is 0.914 bits per heavy atom. The van der Waals surface area contributed by atoms with Crippen molar-refractivity contribution in [1.29, 1.82) is 0 Å². The van der Waals surface area contributed by atoms with Crippen LogP contribution in [0.5, 0.6) is 5.75 Å². The molecule has 2 aromatic heterocycles. The zero-order valence-corrected chi connectivity index (χ0v) is 19.5. The van der Waals surface area contributed by atoms with Crippen LogP contribution >= 0.6 is 0 Å². The maximum absolute atomic E-state index is 13.6. The fourth-order valence-corrected chi connectivity index (χ4v) is 4.08. The molecule has 2 heterocycles. The summed E-state index contributed by atoms with van der Waals surface area (Å²) >= 11 is 0. The predicted octanol–water partition coefficient (Wildman–Crippen LogP) is 4.21. The number of hydrogen-bond acceptors (Lipinski definition) is 6. The summed E-state index contributed by atoms with van der Waals surface area (Å²) in [5.74, 6) is 1.25. The molecular formula is C27H24N4O4. The minimum Gasteiger partial charge on any atom is -0.493 e. The number of rotatable bonds is 7. The zero-order chi connectivity index (χ0) is 24.4. The zero-order valence-electron chi connectivity index (χ0n) is 19.5. The van der Waals surface area contributed by atoms with Gasteiger partial charge < -0.3 is 9.26 Å². The van der Waals surface area contributed by atoms with Crippen LogP contribution in [0.2, 0.25) is 0 Å². The molecule has 0 aliphatic rings. The maximum atomic E-state index is 13.6. The number of nitrogens with zero attached hydrogens (tertiary/aromatic N) is 4. The van der Waals surface area contributed by atoms with Gasteiger partial charge in [-0.05, 0) is 55.3 Å². The molecule has 0 saturated carbocycles. The Hall–Kier alpha value is -4.46. The van der Waals surface area contributed by atoms with Gasteiger partial charge in [-0.25, -0.2) is 9.36 Å². The molecule has 8 heteroatoms. The van der Waals surface area contributed by atoms with Crippen LogP contribution in [0.4, 0.5) is 0 Å². The summed E-state index contributed by atoms with van der Waals surface area (Å²) in [6, 6.07) is 21.9. The number of aryl methyl sites for hydroxylation is 1. The average Bonchev–Trinajstić information content (AvgIpc) is 3.36. The molecule has 0 spiro atoms. The van der Waals surface area contributed by atoms with Gasteiger partial charge in [0.05, 0.1) is 28.8 Å². The predicted molar refractivity (Wildman–Crippen MR) is 133 cm³/mol. The Morgan fingerprint density at radius 2 is 1.66 bits per heavy atom. The maximum Gasteiger partial charge on any atom is 0.336 e. The van der Waals surface area contributed by atoms with Crippen molar-refractivity contribution in [2.24, 2.45) is 0 Å². The van der Waals surface area contributed by atoms with Crippen molar-refractivity contribution < 1.29 is 9.26 Å². The van der Waals surface area contributed by atoms with Crippen LogP contribution in [0.3, 0.4) is 0 Å². The Bertz CT molecular complexity index is 1610. The van der Waals surface area contributed by atoms with E-state index >= 15 is 0 Å². The Morgan fingerprint density at radius 3 is 2.43 bits per heavy atom. The van der Waals surface area contributed by atoms with Gasteiger partial charge in [-0.2, -0.15) is 4.98 Å². The second-order valence-electron chi connectivity index (χ2n) is 7.99. The minimum absolute atomic E-state index is 0.0104. The molecule has 3 aromatic carbocycles. The summed E-state index contributed by atoms with van der Waals surface area (Å²) < 4.78 is 13.8. The Balaban J connectivity index is 1.62. The molecule has 0 radical (unpaired) electrons. The molecule has 0 unspecified atom stereocenters. The summed E-state index contributed by atoms with van der Waals surface area (Å²) in [7, 11) is 0. The Kier molecular flexibility index (Phi) is 6.01. The molecule has 0 aliphatic heterocycles. The van der Waals surface area contributed by atoms with Crippen molar-refractivity contribution in [2.75, 3.05) is 6.61 Å². The van der Waals surface area contributed by atoms with Crippen LogP contribution in [0.15, 0.2) is 86.9 Å². The molecular weight excluding hydrogens is 444 g/mol. The van der Waals surface area contributed by atoms with Crippen molar-refractivity contribution >= 4 is 10.9 Å². The quantitative estimate of drug-likeness (QED) is 0.355. The normalized spacial score (nSPS) is 11.1. The number of ether oxygens (including phenoxy) is 1. The first kappa shape index (κ1) is 22.3. The van der Waals surface area contributed by atoms with Gasteiger partial charge in [0.2, 0.25) is 11.7 Å². The second kappa shape index (κ2) is 9.42. The fourth-order valence-electron chi connectivity index (χ4n) is 4.08. The number of benzene rings is 3. The van der Waals surface area contributed by atoms with Crippen LogP contribution in [0.25, 0.3) is 28.0 Å². The molecule has 176 valence electrons. The molecule has 0 atom stereocenters. The highest BCUT2D eigenvalue weighted by atomic mass is 16.5. The summed E-state index contributed by atoms with van der Waals surface area (Å²) in [5, 5.41) is 4.53. The van der Waals surface area contributed by atoms with E-state index in [2.05, 4.69) is 17.1 Å². The summed E-state index contributed by atoms with van der Waals surface area (Å²) in [4.78, 5) is 31.4. The molecule has 0 saturated heterocycles. The molecule has 0 N–H and O–H groups in total. The molecule has 35 heavy (non-hydrogen) atoms. The number of para-hydroxylation sites is 2. The smallest absolute Gasteiger partial charge is 0.336 e. The summed E-state index contributed by atoms with van der Waals surface area (Å²) in [6.07, 6.45) is 0.864. The lowest BCUT2D eigenvalue weighted by Crippen LogP contribution is -2.39. The van der Waals surface area contributed by atoms with E-state index in [-0.39, 0.29) is 18.0 Å².